The minimum Gasteiger partial charge on any atom is -0.455 e. The fraction of sp³-hybridized carbons (Fsp3) is 0.396. The molecule has 18 heteroatoms. The lowest BCUT2D eigenvalue weighted by atomic mass is 9.72. The van der Waals surface area contributed by atoms with E-state index in [1.807, 2.05) is 45.4 Å². The van der Waals surface area contributed by atoms with E-state index in [2.05, 4.69) is 55.9 Å². The van der Waals surface area contributed by atoms with Gasteiger partial charge in [-0.05, 0) is 89.8 Å². The number of nitro groups is 1. The first kappa shape index (κ1) is 46.5. The summed E-state index contributed by atoms with van der Waals surface area (Å²) in [6.45, 7) is 15.6. The summed E-state index contributed by atoms with van der Waals surface area (Å²) in [4.78, 5) is 50.6. The highest BCUT2D eigenvalue weighted by Gasteiger charge is 2.36. The van der Waals surface area contributed by atoms with Crippen LogP contribution in [-0.4, -0.2) is 109 Å². The number of H-pyrrole nitrogens is 1. The number of hydrogen-bond acceptors (Lipinski definition) is 12. The van der Waals surface area contributed by atoms with Gasteiger partial charge in [0.1, 0.15) is 22.8 Å². The van der Waals surface area contributed by atoms with E-state index in [4.69, 9.17) is 16.3 Å². The van der Waals surface area contributed by atoms with E-state index < -0.39 is 31.4 Å². The molecule has 2 aliphatic heterocycles. The SMILES string of the molecule is CC1(C)CCC(CN2CCN(c3ccc(C(=O)NS(=O)(=O)c4ccc(NN5CCN([C]=O)C(C(C)(C)C)C5)c([N+](=O)[O-])c4)c(Oc4cnc5[nH]ccc5c4)c3)CC2)=C(c2ccc(Cl)cc2)C1. The summed E-state index contributed by atoms with van der Waals surface area (Å²) in [6, 6.07) is 19.9. The Kier molecular flexibility index (Phi) is 13.2. The molecule has 2 amide bonds. The molecule has 8 rings (SSSR count). The number of nitrogens with one attached hydrogen (secondary N) is 3. The van der Waals surface area contributed by atoms with Gasteiger partial charge >= 0.3 is 6.41 Å². The number of hydrogen-bond donors (Lipinski definition) is 3. The molecular weight excluding hydrogens is 882 g/mol. The maximum atomic E-state index is 14.0. The number of sulfonamides is 1. The van der Waals surface area contributed by atoms with Gasteiger partial charge in [-0.3, -0.25) is 24.6 Å². The number of carbonyl (C=O) groups is 1. The van der Waals surface area contributed by atoms with Gasteiger partial charge in [0.25, 0.3) is 21.6 Å². The largest absolute Gasteiger partial charge is 0.455 e. The third-order valence-corrected chi connectivity index (χ3v) is 14.4. The van der Waals surface area contributed by atoms with Crippen LogP contribution in [0.5, 0.6) is 11.5 Å². The van der Waals surface area contributed by atoms with Crippen molar-refractivity contribution in [1.29, 1.82) is 0 Å². The number of anilines is 2. The van der Waals surface area contributed by atoms with E-state index in [9.17, 15) is 28.1 Å². The van der Waals surface area contributed by atoms with Crippen LogP contribution in [0.4, 0.5) is 17.1 Å². The van der Waals surface area contributed by atoms with Gasteiger partial charge in [-0.1, -0.05) is 63.9 Å². The van der Waals surface area contributed by atoms with Crippen LogP contribution in [0.1, 0.15) is 69.8 Å². The maximum absolute atomic E-state index is 14.0. The van der Waals surface area contributed by atoms with Gasteiger partial charge in [-0.2, -0.15) is 0 Å². The average Bonchev–Trinajstić information content (AvgIpc) is 3.75. The number of piperazine rings is 2. The molecule has 2 fully saturated rings. The van der Waals surface area contributed by atoms with Crippen LogP contribution >= 0.6 is 11.6 Å². The first-order chi connectivity index (χ1) is 31.4. The third kappa shape index (κ3) is 10.5. The number of fused-ring (bicyclic) bond motifs is 1. The molecule has 1 radical (unpaired) electrons. The molecule has 347 valence electrons. The van der Waals surface area contributed by atoms with Crippen LogP contribution in [0.25, 0.3) is 16.6 Å². The summed E-state index contributed by atoms with van der Waals surface area (Å²) >= 11 is 6.25. The van der Waals surface area contributed by atoms with Crippen molar-refractivity contribution in [3.05, 3.63) is 117 Å². The van der Waals surface area contributed by atoms with Crippen LogP contribution in [0.3, 0.4) is 0 Å². The summed E-state index contributed by atoms with van der Waals surface area (Å²) in [5.41, 5.74) is 7.95. The minimum absolute atomic E-state index is 0.0550. The fourth-order valence-electron chi connectivity index (χ4n) is 9.05. The molecule has 16 nitrogen and oxygen atoms in total. The Morgan fingerprint density at radius 3 is 2.48 bits per heavy atom. The summed E-state index contributed by atoms with van der Waals surface area (Å²) in [5, 5.41) is 15.6. The van der Waals surface area contributed by atoms with Crippen LogP contribution < -0.4 is 19.8 Å². The molecule has 2 saturated heterocycles. The first-order valence-corrected chi connectivity index (χ1v) is 23.9. The van der Waals surface area contributed by atoms with Crippen molar-refractivity contribution < 1.29 is 27.7 Å². The van der Waals surface area contributed by atoms with Crippen molar-refractivity contribution >= 4 is 67.6 Å². The van der Waals surface area contributed by atoms with Crippen LogP contribution in [-0.2, 0) is 14.8 Å². The van der Waals surface area contributed by atoms with Crippen LogP contribution in [0.15, 0.2) is 95.7 Å². The molecule has 3 N–H and O–H groups in total. The van der Waals surface area contributed by atoms with E-state index in [1.165, 1.54) is 41.1 Å². The molecule has 3 aromatic carbocycles. The second-order valence-electron chi connectivity index (χ2n) is 19.2. The summed E-state index contributed by atoms with van der Waals surface area (Å²) in [7, 11) is -4.64. The highest BCUT2D eigenvalue weighted by Crippen LogP contribution is 2.43. The second-order valence-corrected chi connectivity index (χ2v) is 21.3. The second kappa shape index (κ2) is 18.7. The number of allylic oxidation sites excluding steroid dienone is 1. The smallest absolute Gasteiger partial charge is 0.312 e. The number of benzene rings is 3. The normalized spacial score (nSPS) is 18.6. The number of aromatic amines is 1. The zero-order chi connectivity index (χ0) is 47.0. The van der Waals surface area contributed by atoms with E-state index >= 15 is 0 Å². The first-order valence-electron chi connectivity index (χ1n) is 22.1. The molecule has 1 aliphatic carbocycles. The van der Waals surface area contributed by atoms with Gasteiger partial charge < -0.3 is 24.9 Å². The van der Waals surface area contributed by atoms with Crippen LogP contribution in [0, 0.1) is 20.9 Å². The Bertz CT molecular complexity index is 2780. The topological polar surface area (TPSA) is 186 Å². The number of halogens is 1. The Hall–Kier alpha value is -6.01. The molecule has 0 saturated carbocycles. The molecule has 4 heterocycles. The number of pyridine rings is 1. The summed E-state index contributed by atoms with van der Waals surface area (Å²) in [6.07, 6.45) is 8.41. The Labute approximate surface area is 390 Å². The van der Waals surface area contributed by atoms with Gasteiger partial charge in [0.2, 0.25) is 0 Å². The summed E-state index contributed by atoms with van der Waals surface area (Å²) < 4.78 is 36.1. The van der Waals surface area contributed by atoms with Crippen molar-refractivity contribution in [2.24, 2.45) is 10.8 Å². The number of carbonyl (C=O) groups excluding carboxylic acids is 2. The third-order valence-electron chi connectivity index (χ3n) is 12.8. The number of rotatable bonds is 13. The van der Waals surface area contributed by atoms with Crippen molar-refractivity contribution in [2.45, 2.75) is 64.8 Å². The number of nitrogens with zero attached hydrogens (tertiary/aromatic N) is 6. The fourth-order valence-corrected chi connectivity index (χ4v) is 10.2. The molecule has 5 aromatic rings. The standard InChI is InChI=1S/C48H55ClN9O7S/c1-47(2,3)44-30-57(23-22-56(44)31-59)52-41-13-11-38(26-42(41)58(61)62)66(63,64)53-46(60)39-12-10-36(25-43(39)65-37-24-33-15-17-50-45(33)51-28-37)55-20-18-54(19-21-55)29-34-14-16-48(4,5)27-40(34)32-6-8-35(49)9-7-32/h6-13,15,17,24-26,28,44,52H,14,16,18-23,27,29-30H2,1-5H3,(H,50,51)(H,53,60). The number of nitro benzene ring substituents is 1. The zero-order valence-electron chi connectivity index (χ0n) is 37.8. The highest BCUT2D eigenvalue weighted by molar-refractivity contribution is 7.90. The number of ether oxygens (including phenoxy) is 1. The zero-order valence-corrected chi connectivity index (χ0v) is 39.3. The number of hydrazine groups is 1. The molecule has 3 aliphatic rings. The van der Waals surface area contributed by atoms with Gasteiger partial charge in [0.15, 0.2) is 0 Å². The minimum atomic E-state index is -4.64. The summed E-state index contributed by atoms with van der Waals surface area (Å²) in [5.74, 6) is -0.548. The van der Waals surface area contributed by atoms with Gasteiger partial charge in [0, 0.05) is 86.8 Å². The Balaban J connectivity index is 1.00. The van der Waals surface area contributed by atoms with E-state index in [-0.39, 0.29) is 33.9 Å². The Morgan fingerprint density at radius 2 is 1.77 bits per heavy atom. The average molecular weight is 938 g/mol. The Morgan fingerprint density at radius 1 is 1.02 bits per heavy atom. The maximum Gasteiger partial charge on any atom is 0.312 e. The van der Waals surface area contributed by atoms with Gasteiger partial charge in [-0.25, -0.2) is 23.1 Å². The lowest BCUT2D eigenvalue weighted by Crippen LogP contribution is -2.58. The lowest BCUT2D eigenvalue weighted by Gasteiger charge is -2.45. The van der Waals surface area contributed by atoms with Crippen LogP contribution in [0.2, 0.25) is 5.02 Å². The van der Waals surface area contributed by atoms with Crippen molar-refractivity contribution in [1.82, 2.24) is 29.5 Å². The molecule has 0 bridgehead atoms. The van der Waals surface area contributed by atoms with Gasteiger partial charge in [0.05, 0.1) is 27.6 Å². The van der Waals surface area contributed by atoms with E-state index in [0.29, 0.717) is 44.1 Å². The predicted molar refractivity (Wildman–Crippen MR) is 256 cm³/mol. The van der Waals surface area contributed by atoms with E-state index in [1.54, 1.807) is 34.3 Å². The predicted octanol–water partition coefficient (Wildman–Crippen LogP) is 8.25. The van der Waals surface area contributed by atoms with Crippen molar-refractivity contribution in [3.63, 3.8) is 0 Å². The van der Waals surface area contributed by atoms with Crippen molar-refractivity contribution in [3.8, 4) is 11.5 Å². The van der Waals surface area contributed by atoms with Crippen molar-refractivity contribution in [2.75, 3.05) is 62.7 Å². The molecule has 1 atom stereocenters. The molecule has 0 spiro atoms. The molecular formula is C48H55ClN9O7S. The quantitative estimate of drug-likeness (QED) is 0.0760. The van der Waals surface area contributed by atoms with Gasteiger partial charge in [-0.15, -0.1) is 0 Å². The number of aromatic nitrogens is 2. The molecule has 66 heavy (non-hydrogen) atoms. The highest BCUT2D eigenvalue weighted by atomic mass is 35.5. The van der Waals surface area contributed by atoms with E-state index in [0.717, 1.165) is 61.1 Å². The molecule has 2 aromatic heterocycles. The lowest BCUT2D eigenvalue weighted by molar-refractivity contribution is -0.384. The number of amides is 2. The monoisotopic (exact) mass is 936 g/mol. The molecule has 1 unspecified atom stereocenters.